The fraction of sp³-hybridized carbons (Fsp3) is 0.200. The number of anilines is 2. The molecular formula is C30H28F3N5O2. The molecular weight excluding hydrogens is 519 g/mol. The van der Waals surface area contributed by atoms with Crippen molar-refractivity contribution in [2.75, 3.05) is 12.4 Å². The molecule has 0 aliphatic carbocycles. The number of alkyl halides is 3. The molecule has 0 aliphatic rings. The molecule has 4 aromatic rings. The molecule has 0 saturated heterocycles. The van der Waals surface area contributed by atoms with Gasteiger partial charge in [-0.05, 0) is 68.8 Å². The Bertz CT molecular complexity index is 1580. The van der Waals surface area contributed by atoms with E-state index >= 15 is 0 Å². The van der Waals surface area contributed by atoms with E-state index < -0.39 is 23.7 Å². The third-order valence-corrected chi connectivity index (χ3v) is 6.27. The number of amides is 1. The van der Waals surface area contributed by atoms with Crippen molar-refractivity contribution in [1.82, 2.24) is 20.3 Å². The van der Waals surface area contributed by atoms with Crippen LogP contribution in [0.25, 0.3) is 22.3 Å². The normalized spacial score (nSPS) is 13.2. The van der Waals surface area contributed by atoms with Crippen molar-refractivity contribution >= 4 is 28.3 Å². The first-order valence-electron chi connectivity index (χ1n) is 12.5. The molecule has 0 bridgehead atoms. The van der Waals surface area contributed by atoms with Crippen LogP contribution in [0.1, 0.15) is 31.1 Å². The average Bonchev–Trinajstić information content (AvgIpc) is 2.95. The van der Waals surface area contributed by atoms with Crippen molar-refractivity contribution < 1.29 is 22.7 Å². The minimum Gasteiger partial charge on any atom is -0.497 e. The van der Waals surface area contributed by atoms with E-state index in [0.29, 0.717) is 39.5 Å². The lowest BCUT2D eigenvalue weighted by Gasteiger charge is -2.21. The van der Waals surface area contributed by atoms with Crippen molar-refractivity contribution in [2.24, 2.45) is 0 Å². The van der Waals surface area contributed by atoms with E-state index in [0.717, 1.165) is 6.92 Å². The zero-order valence-electron chi connectivity index (χ0n) is 22.4. The summed E-state index contributed by atoms with van der Waals surface area (Å²) in [5.74, 6) is 0.888. The molecule has 1 unspecified atom stereocenters. The van der Waals surface area contributed by atoms with E-state index in [2.05, 4.69) is 20.6 Å². The van der Waals surface area contributed by atoms with Gasteiger partial charge in [0.2, 0.25) is 0 Å². The minimum absolute atomic E-state index is 0.0243. The molecule has 0 spiro atoms. The number of aromatic nitrogens is 3. The van der Waals surface area contributed by atoms with Gasteiger partial charge in [-0.2, -0.15) is 13.2 Å². The largest absolute Gasteiger partial charge is 0.497 e. The van der Waals surface area contributed by atoms with Crippen molar-refractivity contribution in [3.63, 3.8) is 0 Å². The van der Waals surface area contributed by atoms with E-state index in [-0.39, 0.29) is 11.1 Å². The zero-order chi connectivity index (χ0) is 28.9. The summed E-state index contributed by atoms with van der Waals surface area (Å²) in [6.45, 7) is 4.14. The summed E-state index contributed by atoms with van der Waals surface area (Å²) >= 11 is 0. The Morgan fingerprint density at radius 2 is 1.85 bits per heavy atom. The number of allylic oxidation sites excluding steroid dienone is 2. The lowest BCUT2D eigenvalue weighted by atomic mass is 10.0. The summed E-state index contributed by atoms with van der Waals surface area (Å²) in [6, 6.07) is 14.8. The van der Waals surface area contributed by atoms with Crippen LogP contribution in [0.2, 0.25) is 0 Å². The highest BCUT2D eigenvalue weighted by atomic mass is 19.4. The van der Waals surface area contributed by atoms with E-state index in [4.69, 9.17) is 9.72 Å². The van der Waals surface area contributed by atoms with E-state index in [1.807, 2.05) is 6.07 Å². The van der Waals surface area contributed by atoms with Crippen molar-refractivity contribution in [3.8, 4) is 17.1 Å². The molecule has 0 saturated carbocycles. The highest BCUT2D eigenvalue weighted by Crippen LogP contribution is 2.32. The Labute approximate surface area is 229 Å². The number of rotatable bonds is 8. The Balaban J connectivity index is 1.73. The van der Waals surface area contributed by atoms with Crippen LogP contribution >= 0.6 is 0 Å². The highest BCUT2D eigenvalue weighted by molar-refractivity contribution is 6.02. The molecule has 2 aromatic carbocycles. The fourth-order valence-electron chi connectivity index (χ4n) is 4.16. The maximum absolute atomic E-state index is 13.4. The van der Waals surface area contributed by atoms with Gasteiger partial charge in [0.15, 0.2) is 5.82 Å². The summed E-state index contributed by atoms with van der Waals surface area (Å²) in [5.41, 5.74) is 1.19. The summed E-state index contributed by atoms with van der Waals surface area (Å²) in [6.07, 6.45) is 1.65. The Morgan fingerprint density at radius 3 is 2.52 bits per heavy atom. The third-order valence-electron chi connectivity index (χ3n) is 6.27. The lowest BCUT2D eigenvalue weighted by Crippen LogP contribution is -2.35. The number of carbonyl (C=O) groups excluding carboxylic acids is 1. The van der Waals surface area contributed by atoms with Crippen LogP contribution in [0, 0.1) is 0 Å². The number of pyridine rings is 1. The van der Waals surface area contributed by atoms with Crippen LogP contribution in [0.15, 0.2) is 90.3 Å². The van der Waals surface area contributed by atoms with Gasteiger partial charge in [-0.1, -0.05) is 24.3 Å². The molecule has 2 N–H and O–H groups in total. The fourth-order valence-corrected chi connectivity index (χ4v) is 4.16. The maximum Gasteiger partial charge on any atom is 0.412 e. The van der Waals surface area contributed by atoms with Gasteiger partial charge in [0.25, 0.3) is 5.91 Å². The van der Waals surface area contributed by atoms with Gasteiger partial charge in [0, 0.05) is 28.9 Å². The molecule has 10 heteroatoms. The van der Waals surface area contributed by atoms with E-state index in [1.54, 1.807) is 75.0 Å². The second kappa shape index (κ2) is 12.0. The number of nitrogens with zero attached hydrogens (tertiary/aromatic N) is 3. The van der Waals surface area contributed by atoms with Crippen LogP contribution in [-0.4, -0.2) is 40.2 Å². The van der Waals surface area contributed by atoms with E-state index in [1.165, 1.54) is 19.1 Å². The van der Waals surface area contributed by atoms with E-state index in [9.17, 15) is 18.0 Å². The number of halogens is 3. The zero-order valence-corrected chi connectivity index (χ0v) is 22.4. The molecule has 0 radical (unpaired) electrons. The first-order chi connectivity index (χ1) is 19.1. The van der Waals surface area contributed by atoms with Gasteiger partial charge in [-0.3, -0.25) is 9.78 Å². The molecule has 7 nitrogen and oxygen atoms in total. The Morgan fingerprint density at radius 1 is 1.07 bits per heavy atom. The molecule has 1 atom stereocenters. The summed E-state index contributed by atoms with van der Waals surface area (Å²) in [4.78, 5) is 26.9. The van der Waals surface area contributed by atoms with Gasteiger partial charge in [-0.15, -0.1) is 0 Å². The van der Waals surface area contributed by atoms with Crippen LogP contribution in [-0.2, 0) is 0 Å². The highest BCUT2D eigenvalue weighted by Gasteiger charge is 2.33. The quantitative estimate of drug-likeness (QED) is 0.231. The molecule has 0 aliphatic heterocycles. The Kier molecular flexibility index (Phi) is 8.47. The molecule has 1 amide bonds. The summed E-state index contributed by atoms with van der Waals surface area (Å²) in [5, 5.41) is 6.59. The molecule has 4 rings (SSSR count). The van der Waals surface area contributed by atoms with Gasteiger partial charge in [-0.25, -0.2) is 9.97 Å². The number of para-hydroxylation sites is 1. The van der Waals surface area contributed by atoms with Crippen LogP contribution in [0.5, 0.6) is 5.75 Å². The van der Waals surface area contributed by atoms with Gasteiger partial charge in [0.05, 0.1) is 29.9 Å². The van der Waals surface area contributed by atoms with Crippen molar-refractivity contribution in [1.29, 1.82) is 0 Å². The van der Waals surface area contributed by atoms with Crippen molar-refractivity contribution in [2.45, 2.75) is 33.0 Å². The number of ether oxygens (including phenoxy) is 1. The SMILES string of the molecule is C/C=C\C(=C(/C)C(F)(F)F)C(C)NC(=O)c1ccccc1Nc1nc(-c2cccnc2)nc2ccc(OC)cc12. The summed E-state index contributed by atoms with van der Waals surface area (Å²) in [7, 11) is 1.55. The minimum atomic E-state index is -4.52. The monoisotopic (exact) mass is 547 g/mol. The van der Waals surface area contributed by atoms with Crippen LogP contribution in [0.4, 0.5) is 24.7 Å². The molecule has 206 valence electrons. The summed E-state index contributed by atoms with van der Waals surface area (Å²) < 4.78 is 45.7. The second-order valence-electron chi connectivity index (χ2n) is 8.96. The number of hydrogen-bond donors (Lipinski definition) is 2. The number of carbonyl (C=O) groups is 1. The molecule has 2 heterocycles. The first-order valence-corrected chi connectivity index (χ1v) is 12.5. The maximum atomic E-state index is 13.4. The number of fused-ring (bicyclic) bond motifs is 1. The topological polar surface area (TPSA) is 89.0 Å². The number of hydrogen-bond acceptors (Lipinski definition) is 6. The number of benzene rings is 2. The third kappa shape index (κ3) is 6.28. The smallest absolute Gasteiger partial charge is 0.412 e. The van der Waals surface area contributed by atoms with Crippen LogP contribution < -0.4 is 15.4 Å². The molecule has 2 aromatic heterocycles. The molecule has 40 heavy (non-hydrogen) atoms. The van der Waals surface area contributed by atoms with Crippen LogP contribution in [0.3, 0.4) is 0 Å². The van der Waals surface area contributed by atoms with Gasteiger partial charge in [0.1, 0.15) is 11.6 Å². The Hall–Kier alpha value is -4.73. The molecule has 0 fully saturated rings. The van der Waals surface area contributed by atoms with Gasteiger partial charge >= 0.3 is 6.18 Å². The lowest BCUT2D eigenvalue weighted by molar-refractivity contribution is -0.0922. The second-order valence-corrected chi connectivity index (χ2v) is 8.96. The standard InChI is InChI=1S/C30H28F3N5O2/c1-5-9-22(18(2)30(31,32)33)19(3)35-29(39)23-11-6-7-12-25(23)37-28-24-16-21(40-4)13-14-26(24)36-27(38-28)20-10-8-15-34-17-20/h5-17,19H,1-4H3,(H,35,39)(H,36,37,38)/b9-5-,22-18-. The van der Waals surface area contributed by atoms with Crippen molar-refractivity contribution in [3.05, 3.63) is 95.9 Å². The number of methoxy groups -OCH3 is 1. The average molecular weight is 548 g/mol. The van der Waals surface area contributed by atoms with Gasteiger partial charge < -0.3 is 15.4 Å². The number of nitrogens with one attached hydrogen (secondary N) is 2. The predicted molar refractivity (Wildman–Crippen MR) is 150 cm³/mol. The predicted octanol–water partition coefficient (Wildman–Crippen LogP) is 7.02. The first kappa shape index (κ1) is 28.3.